The van der Waals surface area contributed by atoms with E-state index in [1.54, 1.807) is 37.5 Å². The standard InChI is InChI=1S/C15H17N3O3/c1-20-13-4-3-11(9-14(13)21-2)12(5-6-16)10-18-8-7-17-15(18)19/h3-4,9-10H,5,7-8H2,1-2H3,(H,17,19). The molecular formula is C15H17N3O3. The minimum absolute atomic E-state index is 0.147. The molecule has 110 valence electrons. The summed E-state index contributed by atoms with van der Waals surface area (Å²) < 4.78 is 10.5. The molecule has 0 aliphatic carbocycles. The Bertz CT molecular complexity index is 605. The average molecular weight is 287 g/mol. The number of carbonyl (C=O) groups excluding carboxylic acids is 1. The summed E-state index contributed by atoms with van der Waals surface area (Å²) in [5.41, 5.74) is 1.59. The van der Waals surface area contributed by atoms with Gasteiger partial charge in [-0.1, -0.05) is 6.07 Å². The molecule has 0 aromatic heterocycles. The smallest absolute Gasteiger partial charge is 0.321 e. The fourth-order valence-corrected chi connectivity index (χ4v) is 2.14. The number of hydrogen-bond acceptors (Lipinski definition) is 4. The molecule has 2 amide bonds. The predicted octanol–water partition coefficient (Wildman–Crippen LogP) is 1.98. The third kappa shape index (κ3) is 3.26. The maximum absolute atomic E-state index is 11.6. The zero-order valence-corrected chi connectivity index (χ0v) is 12.0. The summed E-state index contributed by atoms with van der Waals surface area (Å²) in [7, 11) is 3.13. The second-order valence-electron chi connectivity index (χ2n) is 4.48. The van der Waals surface area contributed by atoms with Crippen LogP contribution in [-0.2, 0) is 0 Å². The van der Waals surface area contributed by atoms with Crippen LogP contribution in [0.3, 0.4) is 0 Å². The van der Waals surface area contributed by atoms with E-state index in [1.165, 1.54) is 0 Å². The number of nitrogens with one attached hydrogen (secondary N) is 1. The summed E-state index contributed by atoms with van der Waals surface area (Å²) in [5, 5.41) is 11.7. The van der Waals surface area contributed by atoms with Gasteiger partial charge in [0, 0.05) is 19.3 Å². The van der Waals surface area contributed by atoms with E-state index < -0.39 is 0 Å². The first-order valence-corrected chi connectivity index (χ1v) is 6.54. The average Bonchev–Trinajstić information content (AvgIpc) is 2.91. The summed E-state index contributed by atoms with van der Waals surface area (Å²) in [4.78, 5) is 13.2. The summed E-state index contributed by atoms with van der Waals surface area (Å²) in [6.07, 6.45) is 1.92. The Morgan fingerprint density at radius 3 is 2.76 bits per heavy atom. The molecule has 0 saturated carbocycles. The van der Waals surface area contributed by atoms with Crippen molar-refractivity contribution in [2.24, 2.45) is 0 Å². The summed E-state index contributed by atoms with van der Waals surface area (Å²) in [6, 6.07) is 7.40. The molecule has 1 fully saturated rings. The van der Waals surface area contributed by atoms with Gasteiger partial charge in [0.2, 0.25) is 0 Å². The zero-order valence-electron chi connectivity index (χ0n) is 12.0. The van der Waals surface area contributed by atoms with Crippen LogP contribution in [0.1, 0.15) is 12.0 Å². The van der Waals surface area contributed by atoms with Crippen molar-refractivity contribution in [2.75, 3.05) is 27.3 Å². The van der Waals surface area contributed by atoms with Crippen LogP contribution in [0.15, 0.2) is 24.4 Å². The Morgan fingerprint density at radius 1 is 1.43 bits per heavy atom. The van der Waals surface area contributed by atoms with Crippen molar-refractivity contribution in [2.45, 2.75) is 6.42 Å². The third-order valence-corrected chi connectivity index (χ3v) is 3.23. The fourth-order valence-electron chi connectivity index (χ4n) is 2.14. The number of urea groups is 1. The fraction of sp³-hybridized carbons (Fsp3) is 0.333. The first-order chi connectivity index (χ1) is 10.2. The molecule has 1 aromatic rings. The molecule has 0 radical (unpaired) electrons. The van der Waals surface area contributed by atoms with Crippen LogP contribution in [0.4, 0.5) is 4.79 Å². The SMILES string of the molecule is COc1ccc(C(=CN2CCNC2=O)CC#N)cc1OC. The molecule has 1 N–H and O–H groups in total. The summed E-state index contributed by atoms with van der Waals surface area (Å²) in [6.45, 7) is 1.21. The molecule has 2 rings (SSSR count). The van der Waals surface area contributed by atoms with Gasteiger partial charge in [-0.2, -0.15) is 5.26 Å². The van der Waals surface area contributed by atoms with Crippen molar-refractivity contribution < 1.29 is 14.3 Å². The highest BCUT2D eigenvalue weighted by Gasteiger charge is 2.18. The molecule has 0 unspecified atom stereocenters. The van der Waals surface area contributed by atoms with E-state index in [0.717, 1.165) is 11.1 Å². The lowest BCUT2D eigenvalue weighted by Crippen LogP contribution is -2.23. The van der Waals surface area contributed by atoms with Crippen LogP contribution in [0.5, 0.6) is 11.5 Å². The number of ether oxygens (including phenoxy) is 2. The topological polar surface area (TPSA) is 74.6 Å². The number of nitrogens with zero attached hydrogens (tertiary/aromatic N) is 2. The van der Waals surface area contributed by atoms with E-state index in [0.29, 0.717) is 24.6 Å². The molecular weight excluding hydrogens is 270 g/mol. The minimum atomic E-state index is -0.147. The van der Waals surface area contributed by atoms with E-state index in [-0.39, 0.29) is 12.5 Å². The number of nitriles is 1. The first kappa shape index (κ1) is 14.7. The highest BCUT2D eigenvalue weighted by atomic mass is 16.5. The van der Waals surface area contributed by atoms with Gasteiger partial charge in [0.25, 0.3) is 0 Å². The highest BCUT2D eigenvalue weighted by Crippen LogP contribution is 2.31. The second kappa shape index (κ2) is 6.66. The molecule has 1 aliphatic rings. The third-order valence-electron chi connectivity index (χ3n) is 3.23. The van der Waals surface area contributed by atoms with Gasteiger partial charge in [-0.3, -0.25) is 4.90 Å². The minimum Gasteiger partial charge on any atom is -0.493 e. The number of amides is 2. The van der Waals surface area contributed by atoms with Gasteiger partial charge in [0.15, 0.2) is 11.5 Å². The molecule has 1 heterocycles. The Labute approximate surface area is 123 Å². The predicted molar refractivity (Wildman–Crippen MR) is 77.9 cm³/mol. The Hall–Kier alpha value is -2.68. The highest BCUT2D eigenvalue weighted by molar-refractivity contribution is 5.80. The lowest BCUT2D eigenvalue weighted by molar-refractivity contribution is 0.230. The molecule has 0 bridgehead atoms. The van der Waals surface area contributed by atoms with E-state index in [4.69, 9.17) is 14.7 Å². The number of hydrogen-bond donors (Lipinski definition) is 1. The van der Waals surface area contributed by atoms with Gasteiger partial charge < -0.3 is 14.8 Å². The summed E-state index contributed by atoms with van der Waals surface area (Å²) in [5.74, 6) is 1.21. The van der Waals surface area contributed by atoms with Gasteiger partial charge in [-0.05, 0) is 23.3 Å². The van der Waals surface area contributed by atoms with Gasteiger partial charge in [0.1, 0.15) is 0 Å². The molecule has 6 nitrogen and oxygen atoms in total. The Morgan fingerprint density at radius 2 is 2.19 bits per heavy atom. The van der Waals surface area contributed by atoms with Gasteiger partial charge in [-0.15, -0.1) is 0 Å². The van der Waals surface area contributed by atoms with Crippen molar-refractivity contribution in [1.82, 2.24) is 10.2 Å². The Kier molecular flexibility index (Phi) is 4.67. The van der Waals surface area contributed by atoms with Crippen LogP contribution in [0.2, 0.25) is 0 Å². The number of methoxy groups -OCH3 is 2. The quantitative estimate of drug-likeness (QED) is 0.898. The number of allylic oxidation sites excluding steroid dienone is 1. The van der Waals surface area contributed by atoms with E-state index in [1.807, 2.05) is 6.07 Å². The van der Waals surface area contributed by atoms with Crippen LogP contribution in [0, 0.1) is 11.3 Å². The van der Waals surface area contributed by atoms with Crippen molar-refractivity contribution in [3.05, 3.63) is 30.0 Å². The van der Waals surface area contributed by atoms with Crippen LogP contribution < -0.4 is 14.8 Å². The second-order valence-corrected chi connectivity index (χ2v) is 4.48. The van der Waals surface area contributed by atoms with Crippen molar-refractivity contribution in [3.63, 3.8) is 0 Å². The van der Waals surface area contributed by atoms with Crippen molar-refractivity contribution in [1.29, 1.82) is 5.26 Å². The number of benzene rings is 1. The molecule has 1 aliphatic heterocycles. The van der Waals surface area contributed by atoms with E-state index >= 15 is 0 Å². The molecule has 21 heavy (non-hydrogen) atoms. The first-order valence-electron chi connectivity index (χ1n) is 6.54. The van der Waals surface area contributed by atoms with Gasteiger partial charge in [-0.25, -0.2) is 4.79 Å². The maximum atomic E-state index is 11.6. The van der Waals surface area contributed by atoms with Gasteiger partial charge in [0.05, 0.1) is 26.7 Å². The normalized spacial score (nSPS) is 14.6. The van der Waals surface area contributed by atoms with Crippen LogP contribution >= 0.6 is 0 Å². The Balaban J connectivity index is 2.36. The largest absolute Gasteiger partial charge is 0.493 e. The maximum Gasteiger partial charge on any atom is 0.321 e. The van der Waals surface area contributed by atoms with Crippen LogP contribution in [0.25, 0.3) is 5.57 Å². The van der Waals surface area contributed by atoms with Crippen LogP contribution in [-0.4, -0.2) is 38.2 Å². The molecule has 0 atom stereocenters. The molecule has 0 spiro atoms. The van der Waals surface area contributed by atoms with Crippen molar-refractivity contribution in [3.8, 4) is 17.6 Å². The summed E-state index contributed by atoms with van der Waals surface area (Å²) >= 11 is 0. The lowest BCUT2D eigenvalue weighted by atomic mass is 10.0. The van der Waals surface area contributed by atoms with E-state index in [2.05, 4.69) is 11.4 Å². The molecule has 6 heteroatoms. The van der Waals surface area contributed by atoms with Gasteiger partial charge >= 0.3 is 6.03 Å². The molecule has 1 saturated heterocycles. The monoisotopic (exact) mass is 287 g/mol. The lowest BCUT2D eigenvalue weighted by Gasteiger charge is -2.13. The molecule has 1 aromatic carbocycles. The number of carbonyl (C=O) groups is 1. The van der Waals surface area contributed by atoms with Crippen molar-refractivity contribution >= 4 is 11.6 Å². The number of rotatable bonds is 5. The zero-order chi connectivity index (χ0) is 15.2. The van der Waals surface area contributed by atoms with E-state index in [9.17, 15) is 4.79 Å².